The van der Waals surface area contributed by atoms with Crippen molar-refractivity contribution in [2.24, 2.45) is 0 Å². The molecule has 0 radical (unpaired) electrons. The Morgan fingerprint density at radius 2 is 1.60 bits per heavy atom. The summed E-state index contributed by atoms with van der Waals surface area (Å²) in [5.74, 6) is 7.07. The lowest BCUT2D eigenvalue weighted by atomic mass is 9.62. The predicted molar refractivity (Wildman–Crippen MR) is 88.7 cm³/mol. The average molecular weight is 289 g/mol. The Balaban J connectivity index is 2.56. The van der Waals surface area contributed by atoms with Crippen LogP contribution in [0.3, 0.4) is 0 Å². The minimum Gasteiger partial charge on any atom is -0.126 e. The lowest BCUT2D eigenvalue weighted by Crippen LogP contribution is -2.34. The lowest BCUT2D eigenvalue weighted by Gasteiger charge is -2.42. The molecule has 0 saturated heterocycles. The maximum Gasteiger partial charge on any atom is 0.0333 e. The largest absolute Gasteiger partial charge is 0.126 e. The van der Waals surface area contributed by atoms with Gasteiger partial charge < -0.3 is 0 Å². The van der Waals surface area contributed by atoms with Crippen LogP contribution in [0.5, 0.6) is 0 Å². The zero-order valence-electron chi connectivity index (χ0n) is 13.4. The van der Waals surface area contributed by atoms with Gasteiger partial charge in [-0.3, -0.25) is 0 Å². The third-order valence-electron chi connectivity index (χ3n) is 4.64. The van der Waals surface area contributed by atoms with Gasteiger partial charge in [-0.15, -0.1) is 11.6 Å². The van der Waals surface area contributed by atoms with Crippen LogP contribution in [0.25, 0.3) is 0 Å². The molecule has 0 unspecified atom stereocenters. The Bertz CT molecular complexity index is 567. The number of hydrogen-bond donors (Lipinski definition) is 0. The summed E-state index contributed by atoms with van der Waals surface area (Å²) in [4.78, 5) is 0. The Hall–Kier alpha value is -0.930. The first-order valence-electron chi connectivity index (χ1n) is 7.48. The van der Waals surface area contributed by atoms with Crippen molar-refractivity contribution in [3.05, 3.63) is 34.4 Å². The van der Waals surface area contributed by atoms with E-state index < -0.39 is 0 Å². The molecule has 0 fully saturated rings. The molecule has 0 spiro atoms. The summed E-state index contributed by atoms with van der Waals surface area (Å²) in [6.07, 6.45) is 3.25. The third-order valence-corrected chi connectivity index (χ3v) is 4.83. The van der Waals surface area contributed by atoms with Crippen LogP contribution >= 0.6 is 11.6 Å². The first-order valence-corrected chi connectivity index (χ1v) is 8.02. The first kappa shape index (κ1) is 15.5. The summed E-state index contributed by atoms with van der Waals surface area (Å²) in [7, 11) is 0. The van der Waals surface area contributed by atoms with E-state index in [2.05, 4.69) is 58.6 Å². The van der Waals surface area contributed by atoms with E-state index in [0.717, 1.165) is 6.42 Å². The van der Waals surface area contributed by atoms with E-state index in [1.807, 2.05) is 0 Å². The quantitative estimate of drug-likeness (QED) is 0.484. The van der Waals surface area contributed by atoms with Gasteiger partial charge in [0.25, 0.3) is 0 Å². The second-order valence-electron chi connectivity index (χ2n) is 7.22. The van der Waals surface area contributed by atoms with Crippen molar-refractivity contribution in [2.75, 3.05) is 5.88 Å². The number of aryl methyl sites for hydroxylation is 1. The molecule has 0 atom stereocenters. The molecule has 0 saturated carbocycles. The number of alkyl halides is 1. The van der Waals surface area contributed by atoms with Crippen molar-refractivity contribution in [1.29, 1.82) is 0 Å². The highest BCUT2D eigenvalue weighted by molar-refractivity contribution is 6.18. The van der Waals surface area contributed by atoms with Gasteiger partial charge >= 0.3 is 0 Å². The summed E-state index contributed by atoms with van der Waals surface area (Å²) in [6, 6.07) is 4.69. The van der Waals surface area contributed by atoms with Crippen molar-refractivity contribution < 1.29 is 0 Å². The molecule has 108 valence electrons. The highest BCUT2D eigenvalue weighted by atomic mass is 35.5. The van der Waals surface area contributed by atoms with E-state index in [9.17, 15) is 0 Å². The van der Waals surface area contributed by atoms with Crippen molar-refractivity contribution in [3.8, 4) is 11.8 Å². The van der Waals surface area contributed by atoms with Crippen LogP contribution in [0.15, 0.2) is 12.1 Å². The van der Waals surface area contributed by atoms with E-state index in [0.29, 0.717) is 5.88 Å². The molecule has 1 aromatic carbocycles. The molecule has 1 heteroatoms. The second-order valence-corrected chi connectivity index (χ2v) is 7.60. The van der Waals surface area contributed by atoms with Crippen LogP contribution in [0.2, 0.25) is 0 Å². The molecule has 0 amide bonds. The lowest BCUT2D eigenvalue weighted by molar-refractivity contribution is 0.331. The van der Waals surface area contributed by atoms with Gasteiger partial charge in [0.1, 0.15) is 0 Å². The zero-order valence-corrected chi connectivity index (χ0v) is 14.1. The number of halogens is 1. The summed E-state index contributed by atoms with van der Waals surface area (Å²) in [5.41, 5.74) is 5.97. The Morgan fingerprint density at radius 3 is 2.15 bits per heavy atom. The highest BCUT2D eigenvalue weighted by Crippen LogP contribution is 2.46. The fourth-order valence-corrected chi connectivity index (χ4v) is 3.16. The maximum absolute atomic E-state index is 5.70. The Morgan fingerprint density at radius 1 is 1.05 bits per heavy atom. The van der Waals surface area contributed by atoms with Crippen LogP contribution in [0.1, 0.15) is 69.2 Å². The topological polar surface area (TPSA) is 0 Å². The molecule has 1 aliphatic rings. The smallest absolute Gasteiger partial charge is 0.0333 e. The van der Waals surface area contributed by atoms with E-state index in [4.69, 9.17) is 11.6 Å². The van der Waals surface area contributed by atoms with Crippen LogP contribution in [0, 0.1) is 18.8 Å². The first-order chi connectivity index (χ1) is 9.28. The molecule has 0 aliphatic heterocycles. The normalized spacial score (nSPS) is 18.9. The summed E-state index contributed by atoms with van der Waals surface area (Å²) < 4.78 is 0. The number of benzene rings is 1. The van der Waals surface area contributed by atoms with E-state index in [-0.39, 0.29) is 10.8 Å². The minimum absolute atomic E-state index is 0.251. The van der Waals surface area contributed by atoms with Gasteiger partial charge in [-0.1, -0.05) is 45.6 Å². The molecule has 0 nitrogen and oxygen atoms in total. The van der Waals surface area contributed by atoms with E-state index >= 15 is 0 Å². The van der Waals surface area contributed by atoms with Gasteiger partial charge in [0.05, 0.1) is 0 Å². The molecular formula is C19H25Cl. The second kappa shape index (κ2) is 5.45. The molecule has 0 N–H and O–H groups in total. The molecule has 0 aromatic heterocycles. The monoisotopic (exact) mass is 288 g/mol. The summed E-state index contributed by atoms with van der Waals surface area (Å²) >= 11 is 5.70. The summed E-state index contributed by atoms with van der Waals surface area (Å²) in [6.45, 7) is 11.6. The van der Waals surface area contributed by atoms with Crippen molar-refractivity contribution in [2.45, 2.75) is 64.7 Å². The molecule has 0 bridgehead atoms. The average Bonchev–Trinajstić information content (AvgIpc) is 2.37. The number of hydrogen-bond acceptors (Lipinski definition) is 0. The van der Waals surface area contributed by atoms with Crippen LogP contribution < -0.4 is 0 Å². The van der Waals surface area contributed by atoms with Crippen LogP contribution in [-0.2, 0) is 10.8 Å². The third kappa shape index (κ3) is 2.89. The molecule has 2 rings (SSSR count). The fourth-order valence-electron chi connectivity index (χ4n) is 3.06. The van der Waals surface area contributed by atoms with Gasteiger partial charge in [0.2, 0.25) is 0 Å². The van der Waals surface area contributed by atoms with E-state index in [1.54, 1.807) is 0 Å². The minimum atomic E-state index is 0.251. The van der Waals surface area contributed by atoms with Crippen molar-refractivity contribution in [1.82, 2.24) is 0 Å². The standard InChI is InChI=1S/C19H25Cl/c1-14-12-16-17(13-15(14)8-6-7-11-20)19(4,5)10-9-18(16,2)3/h12-13H,7,9-11H2,1-5H3. The molecular weight excluding hydrogens is 264 g/mol. The molecule has 20 heavy (non-hydrogen) atoms. The molecule has 1 aromatic rings. The van der Waals surface area contributed by atoms with Crippen LogP contribution in [-0.4, -0.2) is 5.88 Å². The van der Waals surface area contributed by atoms with E-state index in [1.165, 1.54) is 35.1 Å². The Labute approximate surface area is 128 Å². The molecule has 1 aliphatic carbocycles. The van der Waals surface area contributed by atoms with Gasteiger partial charge in [-0.2, -0.15) is 0 Å². The number of fused-ring (bicyclic) bond motifs is 1. The van der Waals surface area contributed by atoms with Crippen molar-refractivity contribution in [3.63, 3.8) is 0 Å². The highest BCUT2D eigenvalue weighted by Gasteiger charge is 2.37. The number of rotatable bonds is 1. The maximum atomic E-state index is 5.70. The van der Waals surface area contributed by atoms with Crippen molar-refractivity contribution >= 4 is 11.6 Å². The predicted octanol–water partition coefficient (Wildman–Crippen LogP) is 5.32. The van der Waals surface area contributed by atoms with Gasteiger partial charge in [0.15, 0.2) is 0 Å². The fraction of sp³-hybridized carbons (Fsp3) is 0.579. The molecule has 0 heterocycles. The van der Waals surface area contributed by atoms with Gasteiger partial charge in [0, 0.05) is 17.9 Å². The zero-order chi connectivity index (χ0) is 15.0. The van der Waals surface area contributed by atoms with Gasteiger partial charge in [-0.05, 0) is 53.4 Å². The summed E-state index contributed by atoms with van der Waals surface area (Å²) in [5, 5.41) is 0. The Kier molecular flexibility index (Phi) is 4.22. The van der Waals surface area contributed by atoms with Crippen LogP contribution in [0.4, 0.5) is 0 Å². The van der Waals surface area contributed by atoms with Gasteiger partial charge in [-0.25, -0.2) is 0 Å². The SMILES string of the molecule is Cc1cc2c(cc1C#CCCCl)C(C)(C)CCC2(C)C.